The molecule has 1 aromatic carbocycles. The van der Waals surface area contributed by atoms with E-state index in [1.165, 1.54) is 24.3 Å². The standard InChI is InChI=1S/C38H49FN2O6/c1-8-9-13-29-30-19-21(2)18-24(5)33(42)25(6)20-26(7)36(47-38(40)46)22(3)11-10-12-23(4)37(45)41-32(35(30)44)31(34(29)43)27-14-16-28(39)17-15-27/h10-12,14-17,20-22,24-25,33,36,42H,8-9,13,18-19H2,1-7H3,(H2,40,46)(H,41,45)/b11-10-,23-12+,26-20+/t21-,22-,24-,25-,33-,36+/m0/s1. The van der Waals surface area contributed by atoms with Crippen LogP contribution in [0.4, 0.5) is 9.18 Å². The number of ketones is 2. The van der Waals surface area contributed by atoms with Gasteiger partial charge in [0.15, 0.2) is 5.78 Å². The summed E-state index contributed by atoms with van der Waals surface area (Å²) in [6.45, 7) is 13.1. The van der Waals surface area contributed by atoms with Crippen LogP contribution in [0.15, 0.2) is 76.6 Å². The Kier molecular flexibility index (Phi) is 13.2. The number of unbranched alkanes of at least 4 members (excludes halogenated alkanes) is 1. The lowest BCUT2D eigenvalue weighted by Gasteiger charge is -2.29. The van der Waals surface area contributed by atoms with E-state index in [-0.39, 0.29) is 52.7 Å². The Balaban J connectivity index is 2.20. The molecule has 9 heteroatoms. The zero-order valence-electron chi connectivity index (χ0n) is 28.6. The van der Waals surface area contributed by atoms with Crippen molar-refractivity contribution in [3.05, 3.63) is 87.9 Å². The first-order chi connectivity index (χ1) is 22.2. The average molecular weight is 649 g/mol. The number of Topliss-reactive ketones (excluding diaryl/α,β-unsaturated/α-hetero) is 2. The van der Waals surface area contributed by atoms with E-state index in [1.54, 1.807) is 25.2 Å². The van der Waals surface area contributed by atoms with E-state index in [9.17, 15) is 28.7 Å². The fourth-order valence-electron chi connectivity index (χ4n) is 6.48. The molecule has 0 radical (unpaired) electrons. The van der Waals surface area contributed by atoms with E-state index in [2.05, 4.69) is 5.32 Å². The topological polar surface area (TPSA) is 136 Å². The van der Waals surface area contributed by atoms with Crippen LogP contribution >= 0.6 is 0 Å². The number of aliphatic hydroxyl groups excluding tert-OH is 1. The van der Waals surface area contributed by atoms with Gasteiger partial charge in [0.05, 0.1) is 11.7 Å². The highest BCUT2D eigenvalue weighted by atomic mass is 19.1. The summed E-state index contributed by atoms with van der Waals surface area (Å²) in [4.78, 5) is 53.8. The zero-order chi connectivity index (χ0) is 35.0. The number of carbonyl (C=O) groups is 4. The molecule has 0 saturated carbocycles. The number of aliphatic hydroxyl groups is 1. The van der Waals surface area contributed by atoms with Gasteiger partial charge < -0.3 is 20.9 Å². The fourth-order valence-corrected chi connectivity index (χ4v) is 6.48. The van der Waals surface area contributed by atoms with Crippen LogP contribution in [-0.4, -0.2) is 40.9 Å². The molecule has 3 rings (SSSR count). The van der Waals surface area contributed by atoms with Gasteiger partial charge in [0.25, 0.3) is 5.91 Å². The maximum Gasteiger partial charge on any atom is 0.405 e. The summed E-state index contributed by atoms with van der Waals surface area (Å²) in [5.74, 6) is -2.76. The molecule has 0 fully saturated rings. The van der Waals surface area contributed by atoms with Gasteiger partial charge in [-0.3, -0.25) is 14.4 Å². The number of hydrogen-bond donors (Lipinski definition) is 3. The van der Waals surface area contributed by atoms with Gasteiger partial charge in [0.1, 0.15) is 17.6 Å². The second-order valence-electron chi connectivity index (χ2n) is 13.2. The molecule has 1 heterocycles. The Labute approximate surface area is 277 Å². The molecule has 2 bridgehead atoms. The van der Waals surface area contributed by atoms with Crippen molar-refractivity contribution < 1.29 is 33.4 Å². The van der Waals surface area contributed by atoms with Crippen molar-refractivity contribution in [2.75, 3.05) is 0 Å². The summed E-state index contributed by atoms with van der Waals surface area (Å²) in [5, 5.41) is 14.0. The van der Waals surface area contributed by atoms with Crippen LogP contribution in [0.1, 0.15) is 86.1 Å². The molecule has 6 atom stereocenters. The van der Waals surface area contributed by atoms with Gasteiger partial charge in [0, 0.05) is 28.6 Å². The number of nitrogens with two attached hydrogens (primary N) is 1. The highest BCUT2D eigenvalue weighted by molar-refractivity contribution is 6.39. The third-order valence-corrected chi connectivity index (χ3v) is 9.03. The number of fused-ring (bicyclic) bond motifs is 2. The van der Waals surface area contributed by atoms with Crippen molar-refractivity contribution in [3.8, 4) is 0 Å². The summed E-state index contributed by atoms with van der Waals surface area (Å²) < 4.78 is 19.4. The molecule has 0 saturated heterocycles. The van der Waals surface area contributed by atoms with E-state index in [0.29, 0.717) is 36.0 Å². The molecular formula is C38H49FN2O6. The SMILES string of the molecule is CCCCC1=C2C[C@@H](C)C[C@H](C)[C@H](O)[C@@H](C)/C=C(\C)[C@H](OC(N)=O)[C@@H](C)/C=C\C=C(/C)C(=O)NC(=C(c3ccc(F)cc3)C1=O)C2=O. The molecule has 2 amide bonds. The highest BCUT2D eigenvalue weighted by Crippen LogP contribution is 2.37. The second kappa shape index (κ2) is 16.6. The van der Waals surface area contributed by atoms with Crippen molar-refractivity contribution in [2.45, 2.75) is 92.8 Å². The predicted octanol–water partition coefficient (Wildman–Crippen LogP) is 6.90. The van der Waals surface area contributed by atoms with Crippen molar-refractivity contribution in [3.63, 3.8) is 0 Å². The van der Waals surface area contributed by atoms with Crippen LogP contribution in [-0.2, 0) is 19.1 Å². The Morgan fingerprint density at radius 2 is 1.70 bits per heavy atom. The minimum atomic E-state index is -0.925. The smallest absolute Gasteiger partial charge is 0.405 e. The number of primary amides is 1. The number of benzene rings is 1. The highest BCUT2D eigenvalue weighted by Gasteiger charge is 2.37. The largest absolute Gasteiger partial charge is 0.441 e. The van der Waals surface area contributed by atoms with E-state index in [1.807, 2.05) is 47.6 Å². The molecule has 0 spiro atoms. The monoisotopic (exact) mass is 648 g/mol. The lowest BCUT2D eigenvalue weighted by molar-refractivity contribution is -0.120. The summed E-state index contributed by atoms with van der Waals surface area (Å²) in [7, 11) is 0. The van der Waals surface area contributed by atoms with Gasteiger partial charge in [-0.25, -0.2) is 9.18 Å². The van der Waals surface area contributed by atoms with Crippen molar-refractivity contribution >= 4 is 29.1 Å². The Hall–Kier alpha value is -4.11. The minimum absolute atomic E-state index is 0.0410. The number of ether oxygens (including phenoxy) is 1. The molecular weight excluding hydrogens is 599 g/mol. The molecule has 1 aromatic rings. The molecule has 8 nitrogen and oxygen atoms in total. The molecule has 0 unspecified atom stereocenters. The third kappa shape index (κ3) is 9.47. The van der Waals surface area contributed by atoms with E-state index < -0.39 is 35.8 Å². The zero-order valence-corrected chi connectivity index (χ0v) is 28.6. The Morgan fingerprint density at radius 3 is 2.32 bits per heavy atom. The third-order valence-electron chi connectivity index (χ3n) is 9.03. The van der Waals surface area contributed by atoms with Crippen LogP contribution in [0.2, 0.25) is 0 Å². The molecule has 254 valence electrons. The maximum absolute atomic E-state index is 14.3. The van der Waals surface area contributed by atoms with Gasteiger partial charge in [-0.15, -0.1) is 0 Å². The maximum atomic E-state index is 14.3. The van der Waals surface area contributed by atoms with Gasteiger partial charge in [-0.1, -0.05) is 77.5 Å². The number of rotatable bonds is 5. The van der Waals surface area contributed by atoms with E-state index in [4.69, 9.17) is 10.5 Å². The minimum Gasteiger partial charge on any atom is -0.441 e. The molecule has 1 aliphatic carbocycles. The predicted molar refractivity (Wildman–Crippen MR) is 181 cm³/mol. The van der Waals surface area contributed by atoms with Crippen LogP contribution in [0, 0.1) is 29.5 Å². The fraction of sp³-hybridized carbons (Fsp3) is 0.474. The quantitative estimate of drug-likeness (QED) is 0.235. The first-order valence-electron chi connectivity index (χ1n) is 16.5. The summed E-state index contributed by atoms with van der Waals surface area (Å²) in [6, 6.07) is 5.31. The summed E-state index contributed by atoms with van der Waals surface area (Å²) in [5.41, 5.74) is 7.41. The number of hydrogen-bond acceptors (Lipinski definition) is 6. The first-order valence-corrected chi connectivity index (χ1v) is 16.5. The Bertz CT molecular complexity index is 1520. The van der Waals surface area contributed by atoms with Crippen LogP contribution in [0.5, 0.6) is 0 Å². The van der Waals surface area contributed by atoms with E-state index >= 15 is 0 Å². The molecule has 2 aliphatic rings. The second-order valence-corrected chi connectivity index (χ2v) is 13.2. The van der Waals surface area contributed by atoms with Gasteiger partial charge in [-0.05, 0) is 74.6 Å². The van der Waals surface area contributed by atoms with Gasteiger partial charge in [0.2, 0.25) is 5.78 Å². The molecule has 0 aromatic heterocycles. The van der Waals surface area contributed by atoms with Crippen LogP contribution in [0.25, 0.3) is 5.57 Å². The Morgan fingerprint density at radius 1 is 1.04 bits per heavy atom. The van der Waals surface area contributed by atoms with Crippen LogP contribution < -0.4 is 11.1 Å². The first kappa shape index (κ1) is 37.3. The average Bonchev–Trinajstić information content (AvgIpc) is 3.01. The van der Waals surface area contributed by atoms with Crippen molar-refractivity contribution in [1.29, 1.82) is 0 Å². The van der Waals surface area contributed by atoms with Crippen molar-refractivity contribution in [2.24, 2.45) is 29.4 Å². The lowest BCUT2D eigenvalue weighted by Crippen LogP contribution is -2.35. The number of carbonyl (C=O) groups excluding carboxylic acids is 4. The summed E-state index contributed by atoms with van der Waals surface area (Å²) in [6.07, 6.45) is 7.23. The molecule has 47 heavy (non-hydrogen) atoms. The normalized spacial score (nSPS) is 29.9. The lowest BCUT2D eigenvalue weighted by atomic mass is 9.77. The molecule has 4 N–H and O–H groups in total. The number of nitrogens with one attached hydrogen (secondary N) is 1. The number of halogens is 1. The molecule has 1 aliphatic heterocycles. The van der Waals surface area contributed by atoms with Gasteiger partial charge >= 0.3 is 6.09 Å². The van der Waals surface area contributed by atoms with E-state index in [0.717, 1.165) is 12.0 Å². The number of allylic oxidation sites excluding steroid dienone is 5. The van der Waals surface area contributed by atoms with Crippen molar-refractivity contribution in [1.82, 2.24) is 5.32 Å². The summed E-state index contributed by atoms with van der Waals surface area (Å²) >= 11 is 0. The van der Waals surface area contributed by atoms with Gasteiger partial charge in [-0.2, -0.15) is 0 Å². The number of amides is 2. The van der Waals surface area contributed by atoms with Crippen LogP contribution in [0.3, 0.4) is 0 Å².